The predicted molar refractivity (Wildman–Crippen MR) is 84.0 cm³/mol. The number of para-hydroxylation sites is 2. The lowest BCUT2D eigenvalue weighted by Crippen LogP contribution is -2.19. The Labute approximate surface area is 132 Å². The van der Waals surface area contributed by atoms with E-state index in [1.807, 2.05) is 24.3 Å². The maximum Gasteiger partial charge on any atom is 0.225 e. The molecule has 1 aromatic heterocycles. The van der Waals surface area contributed by atoms with Crippen molar-refractivity contribution in [3.63, 3.8) is 0 Å². The molecule has 3 aromatic rings. The second-order valence-electron chi connectivity index (χ2n) is 5.34. The van der Waals surface area contributed by atoms with E-state index >= 15 is 0 Å². The summed E-state index contributed by atoms with van der Waals surface area (Å²) in [6, 6.07) is 13.1. The largest absolute Gasteiger partial charge is 0.387 e. The number of carbonyl (C=O) groups is 1. The van der Waals surface area contributed by atoms with E-state index < -0.39 is 12.0 Å². The molecule has 0 aliphatic rings. The average molecular weight is 313 g/mol. The van der Waals surface area contributed by atoms with Gasteiger partial charge in [0.1, 0.15) is 11.6 Å². The number of nitrogens with zero attached hydrogens (tertiary/aromatic N) is 2. The molecule has 0 bridgehead atoms. The van der Waals surface area contributed by atoms with E-state index in [1.54, 1.807) is 4.57 Å². The number of primary amides is 1. The molecule has 1 heterocycles. The molecule has 3 rings (SSSR count). The number of benzene rings is 2. The van der Waals surface area contributed by atoms with Crippen LogP contribution in [-0.2, 0) is 17.8 Å². The molecule has 0 saturated carbocycles. The average Bonchev–Trinajstić information content (AvgIpc) is 2.85. The molecule has 0 unspecified atom stereocenters. The monoisotopic (exact) mass is 313 g/mol. The number of aromatic nitrogens is 2. The Morgan fingerprint density at radius 3 is 2.61 bits per heavy atom. The molecule has 23 heavy (non-hydrogen) atoms. The first-order valence-corrected chi connectivity index (χ1v) is 7.20. The number of rotatable bonds is 5. The number of aliphatic hydroxyl groups is 1. The minimum atomic E-state index is -0.847. The number of halogens is 1. The lowest BCUT2D eigenvalue weighted by molar-refractivity contribution is -0.117. The highest BCUT2D eigenvalue weighted by molar-refractivity contribution is 5.80. The van der Waals surface area contributed by atoms with Crippen molar-refractivity contribution >= 4 is 16.9 Å². The van der Waals surface area contributed by atoms with Crippen LogP contribution >= 0.6 is 0 Å². The zero-order valence-corrected chi connectivity index (χ0v) is 12.3. The van der Waals surface area contributed by atoms with Gasteiger partial charge >= 0.3 is 0 Å². The first-order valence-electron chi connectivity index (χ1n) is 7.20. The van der Waals surface area contributed by atoms with Gasteiger partial charge in [-0.1, -0.05) is 24.3 Å². The molecule has 118 valence electrons. The number of carbonyl (C=O) groups excluding carboxylic acids is 1. The Bertz CT molecular complexity index is 843. The molecule has 2 aromatic carbocycles. The molecule has 6 heteroatoms. The van der Waals surface area contributed by atoms with Crippen LogP contribution in [0.3, 0.4) is 0 Å². The van der Waals surface area contributed by atoms with Gasteiger partial charge in [-0.25, -0.2) is 9.37 Å². The number of amides is 1. The molecule has 1 atom stereocenters. The van der Waals surface area contributed by atoms with Crippen molar-refractivity contribution in [1.29, 1.82) is 0 Å². The lowest BCUT2D eigenvalue weighted by Gasteiger charge is -2.15. The number of fused-ring (bicyclic) bond motifs is 1. The summed E-state index contributed by atoms with van der Waals surface area (Å²) < 4.78 is 14.8. The second-order valence-corrected chi connectivity index (χ2v) is 5.34. The van der Waals surface area contributed by atoms with Gasteiger partial charge in [0.2, 0.25) is 5.91 Å². The molecule has 0 aliphatic carbocycles. The summed E-state index contributed by atoms with van der Waals surface area (Å²) in [6.07, 6.45) is -0.856. The Morgan fingerprint density at radius 2 is 1.91 bits per heavy atom. The molecule has 0 fully saturated rings. The van der Waals surface area contributed by atoms with Gasteiger partial charge in [-0.15, -0.1) is 0 Å². The minimum absolute atomic E-state index is 0.00911. The fourth-order valence-corrected chi connectivity index (χ4v) is 2.58. The Morgan fingerprint density at radius 1 is 1.22 bits per heavy atom. The van der Waals surface area contributed by atoms with Crippen LogP contribution in [0.2, 0.25) is 0 Å². The van der Waals surface area contributed by atoms with Crippen LogP contribution < -0.4 is 5.73 Å². The van der Waals surface area contributed by atoms with E-state index in [-0.39, 0.29) is 18.8 Å². The number of imidazole rings is 1. The SMILES string of the molecule is NC(=O)Cc1nc2ccccc2n1C[C@H](O)c1ccc(F)cc1. The summed E-state index contributed by atoms with van der Waals surface area (Å²) in [5.41, 5.74) is 7.41. The van der Waals surface area contributed by atoms with Crippen molar-refractivity contribution in [1.82, 2.24) is 9.55 Å². The third-order valence-corrected chi connectivity index (χ3v) is 3.68. The van der Waals surface area contributed by atoms with Crippen molar-refractivity contribution in [3.8, 4) is 0 Å². The van der Waals surface area contributed by atoms with E-state index in [9.17, 15) is 14.3 Å². The summed E-state index contributed by atoms with van der Waals surface area (Å²) >= 11 is 0. The number of nitrogens with two attached hydrogens (primary N) is 1. The molecular weight excluding hydrogens is 297 g/mol. The molecule has 0 saturated heterocycles. The number of aliphatic hydroxyl groups excluding tert-OH is 1. The fraction of sp³-hybridized carbons (Fsp3) is 0.176. The van der Waals surface area contributed by atoms with Crippen LogP contribution in [0.15, 0.2) is 48.5 Å². The van der Waals surface area contributed by atoms with Gasteiger partial charge in [0, 0.05) is 0 Å². The maximum atomic E-state index is 13.0. The highest BCUT2D eigenvalue weighted by atomic mass is 19.1. The van der Waals surface area contributed by atoms with Gasteiger partial charge in [-0.2, -0.15) is 0 Å². The van der Waals surface area contributed by atoms with E-state index in [2.05, 4.69) is 4.98 Å². The van der Waals surface area contributed by atoms with Gasteiger partial charge in [-0.05, 0) is 29.8 Å². The summed E-state index contributed by atoms with van der Waals surface area (Å²) in [5, 5.41) is 10.4. The zero-order chi connectivity index (χ0) is 16.4. The molecular formula is C17H16FN3O2. The van der Waals surface area contributed by atoms with Gasteiger partial charge < -0.3 is 15.4 Å². The molecule has 0 radical (unpaired) electrons. The maximum absolute atomic E-state index is 13.0. The summed E-state index contributed by atoms with van der Waals surface area (Å²) in [7, 11) is 0. The lowest BCUT2D eigenvalue weighted by atomic mass is 10.1. The normalized spacial score (nSPS) is 12.4. The van der Waals surface area contributed by atoms with Crippen LogP contribution in [0.5, 0.6) is 0 Å². The first kappa shape index (κ1) is 15.2. The van der Waals surface area contributed by atoms with Gasteiger partial charge in [0.25, 0.3) is 0 Å². The minimum Gasteiger partial charge on any atom is -0.387 e. The van der Waals surface area contributed by atoms with Crippen molar-refractivity contribution in [2.75, 3.05) is 0 Å². The van der Waals surface area contributed by atoms with Gasteiger partial charge in [0.05, 0.1) is 30.1 Å². The topological polar surface area (TPSA) is 81.1 Å². The van der Waals surface area contributed by atoms with E-state index in [1.165, 1.54) is 24.3 Å². The van der Waals surface area contributed by atoms with Crippen LogP contribution in [0.1, 0.15) is 17.5 Å². The molecule has 5 nitrogen and oxygen atoms in total. The van der Waals surface area contributed by atoms with Crippen LogP contribution in [0.25, 0.3) is 11.0 Å². The van der Waals surface area contributed by atoms with Crippen LogP contribution in [0, 0.1) is 5.82 Å². The highest BCUT2D eigenvalue weighted by Crippen LogP contribution is 2.22. The predicted octanol–water partition coefficient (Wildman–Crippen LogP) is 1.94. The standard InChI is InChI=1S/C17H16FN3O2/c18-12-7-5-11(6-8-12)15(22)10-21-14-4-2-1-3-13(14)20-17(21)9-16(19)23/h1-8,15,22H,9-10H2,(H2,19,23)/t15-/m0/s1. The Kier molecular flexibility index (Phi) is 4.08. The molecule has 1 amide bonds. The van der Waals surface area contributed by atoms with Crippen molar-refractivity contribution in [3.05, 3.63) is 65.7 Å². The van der Waals surface area contributed by atoms with E-state index in [4.69, 9.17) is 5.73 Å². The summed E-state index contributed by atoms with van der Waals surface area (Å²) in [4.78, 5) is 15.7. The van der Waals surface area contributed by atoms with Crippen LogP contribution in [-0.4, -0.2) is 20.6 Å². The smallest absolute Gasteiger partial charge is 0.225 e. The molecule has 0 aliphatic heterocycles. The molecule has 3 N–H and O–H groups in total. The van der Waals surface area contributed by atoms with Crippen molar-refractivity contribution < 1.29 is 14.3 Å². The summed E-state index contributed by atoms with van der Waals surface area (Å²) in [5.74, 6) is -0.346. The van der Waals surface area contributed by atoms with E-state index in [0.717, 1.165) is 11.0 Å². The second kappa shape index (κ2) is 6.18. The van der Waals surface area contributed by atoms with Gasteiger partial charge in [0.15, 0.2) is 0 Å². The van der Waals surface area contributed by atoms with Crippen molar-refractivity contribution in [2.24, 2.45) is 5.73 Å². The third-order valence-electron chi connectivity index (χ3n) is 3.68. The number of hydrogen-bond acceptors (Lipinski definition) is 3. The highest BCUT2D eigenvalue weighted by Gasteiger charge is 2.16. The summed E-state index contributed by atoms with van der Waals surface area (Å²) in [6.45, 7) is 0.203. The van der Waals surface area contributed by atoms with Gasteiger partial charge in [-0.3, -0.25) is 4.79 Å². The van der Waals surface area contributed by atoms with Crippen LogP contribution in [0.4, 0.5) is 4.39 Å². The fourth-order valence-electron chi connectivity index (χ4n) is 2.58. The van der Waals surface area contributed by atoms with E-state index in [0.29, 0.717) is 11.4 Å². The zero-order valence-electron chi connectivity index (χ0n) is 12.3. The number of hydrogen-bond donors (Lipinski definition) is 2. The van der Waals surface area contributed by atoms with Crippen molar-refractivity contribution in [2.45, 2.75) is 19.1 Å². The third kappa shape index (κ3) is 3.22. The Balaban J connectivity index is 1.97. The Hall–Kier alpha value is -2.73. The first-order chi connectivity index (χ1) is 11.0. The quantitative estimate of drug-likeness (QED) is 0.755. The molecule has 0 spiro atoms.